The minimum atomic E-state index is 0.770. The van der Waals surface area contributed by atoms with Crippen molar-refractivity contribution in [3.63, 3.8) is 0 Å². The Morgan fingerprint density at radius 1 is 1.20 bits per heavy atom. The first-order valence-electron chi connectivity index (χ1n) is 8.43. The summed E-state index contributed by atoms with van der Waals surface area (Å²) in [6, 6.07) is 10.2. The minimum absolute atomic E-state index is 0.770. The van der Waals surface area contributed by atoms with E-state index in [1.165, 1.54) is 0 Å². The Balaban J connectivity index is 1.96. The average Bonchev–Trinajstić information content (AvgIpc) is 3.14. The standard InChI is InChI=1S/C19H19N5O/c1-11-20-13-10-14-16-17(22-24(14)9-8-23(2)3)12-6-4-5-7-15(12)25-19(16)18(13)21-11/h4-7,10,22H,8-9H2,1-3H3. The summed E-state index contributed by atoms with van der Waals surface area (Å²) in [5.74, 6) is 0.770. The summed E-state index contributed by atoms with van der Waals surface area (Å²) in [4.78, 5) is 11.3. The van der Waals surface area contributed by atoms with Gasteiger partial charge in [-0.1, -0.05) is 12.1 Å². The SMILES string of the molecule is Cc1nc2cc3c4c([nH]n3CCN(C)C)c3ccccc3oc4c2n1. The van der Waals surface area contributed by atoms with Gasteiger partial charge in [0.15, 0.2) is 5.58 Å². The fourth-order valence-electron chi connectivity index (χ4n) is 3.52. The quantitative estimate of drug-likeness (QED) is 0.512. The van der Waals surface area contributed by atoms with Gasteiger partial charge in [0.25, 0.3) is 0 Å². The Bertz CT molecular complexity index is 1240. The highest BCUT2D eigenvalue weighted by molar-refractivity contribution is 6.21. The summed E-state index contributed by atoms with van der Waals surface area (Å²) in [7, 11) is 4.16. The lowest BCUT2D eigenvalue weighted by Gasteiger charge is -2.10. The predicted octanol–water partition coefficient (Wildman–Crippen LogP) is 3.68. The number of imidazole rings is 1. The number of benzene rings is 2. The summed E-state index contributed by atoms with van der Waals surface area (Å²) in [5.41, 5.74) is 5.57. The van der Waals surface area contributed by atoms with Gasteiger partial charge in [-0.15, -0.1) is 0 Å². The average molecular weight is 333 g/mol. The Morgan fingerprint density at radius 2 is 2.04 bits per heavy atom. The van der Waals surface area contributed by atoms with Crippen LogP contribution < -0.4 is 0 Å². The van der Waals surface area contributed by atoms with E-state index in [1.807, 2.05) is 25.1 Å². The monoisotopic (exact) mass is 333 g/mol. The van der Waals surface area contributed by atoms with E-state index in [4.69, 9.17) is 4.42 Å². The topological polar surface area (TPSA) is 62.9 Å². The molecule has 0 radical (unpaired) electrons. The molecule has 0 fully saturated rings. The van der Waals surface area contributed by atoms with Gasteiger partial charge in [0.05, 0.1) is 28.5 Å². The van der Waals surface area contributed by atoms with Crippen LogP contribution in [0.25, 0.3) is 44.0 Å². The van der Waals surface area contributed by atoms with Crippen LogP contribution in [-0.2, 0) is 6.54 Å². The maximum atomic E-state index is 6.27. The maximum absolute atomic E-state index is 6.27. The van der Waals surface area contributed by atoms with E-state index in [2.05, 4.69) is 50.9 Å². The highest BCUT2D eigenvalue weighted by Crippen LogP contribution is 2.37. The zero-order chi connectivity index (χ0) is 17.1. The summed E-state index contributed by atoms with van der Waals surface area (Å²) < 4.78 is 8.45. The zero-order valence-corrected chi connectivity index (χ0v) is 14.5. The van der Waals surface area contributed by atoms with E-state index in [0.717, 1.165) is 62.9 Å². The van der Waals surface area contributed by atoms with Gasteiger partial charge < -0.3 is 9.32 Å². The lowest BCUT2D eigenvalue weighted by molar-refractivity contribution is 0.377. The van der Waals surface area contributed by atoms with E-state index in [1.54, 1.807) is 0 Å². The molecule has 0 aliphatic carbocycles. The Labute approximate surface area is 144 Å². The van der Waals surface area contributed by atoms with Crippen LogP contribution >= 0.6 is 0 Å². The largest absolute Gasteiger partial charge is 0.453 e. The van der Waals surface area contributed by atoms with Crippen molar-refractivity contribution in [1.82, 2.24) is 24.6 Å². The summed E-state index contributed by atoms with van der Waals surface area (Å²) >= 11 is 0. The van der Waals surface area contributed by atoms with Crippen LogP contribution in [0.3, 0.4) is 0 Å². The third-order valence-electron chi connectivity index (χ3n) is 4.70. The zero-order valence-electron chi connectivity index (χ0n) is 14.5. The van der Waals surface area contributed by atoms with Crippen LogP contribution in [0.2, 0.25) is 0 Å². The number of aryl methyl sites for hydroxylation is 1. The van der Waals surface area contributed by atoms with Crippen molar-refractivity contribution in [1.29, 1.82) is 0 Å². The molecule has 0 amide bonds. The van der Waals surface area contributed by atoms with Gasteiger partial charge in [0, 0.05) is 11.9 Å². The first kappa shape index (κ1) is 14.5. The van der Waals surface area contributed by atoms with Gasteiger partial charge in [-0.2, -0.15) is 0 Å². The highest BCUT2D eigenvalue weighted by atomic mass is 16.3. The molecular weight excluding hydrogens is 314 g/mol. The van der Waals surface area contributed by atoms with Crippen molar-refractivity contribution < 1.29 is 4.42 Å². The molecule has 0 aliphatic heterocycles. The van der Waals surface area contributed by atoms with E-state index < -0.39 is 0 Å². The van der Waals surface area contributed by atoms with Crippen molar-refractivity contribution in [3.8, 4) is 0 Å². The third kappa shape index (κ3) is 2.07. The minimum Gasteiger partial charge on any atom is -0.453 e. The Kier molecular flexibility index (Phi) is 2.93. The third-order valence-corrected chi connectivity index (χ3v) is 4.70. The molecule has 0 aliphatic rings. The fraction of sp³-hybridized carbons (Fsp3) is 0.263. The number of aromatic amines is 1. The smallest absolute Gasteiger partial charge is 0.166 e. The molecular formula is C19H19N5O. The molecule has 25 heavy (non-hydrogen) atoms. The van der Waals surface area contributed by atoms with Gasteiger partial charge >= 0.3 is 0 Å². The van der Waals surface area contributed by atoms with Crippen LogP contribution in [0, 0.1) is 6.92 Å². The van der Waals surface area contributed by atoms with Crippen molar-refractivity contribution in [2.75, 3.05) is 20.6 Å². The maximum Gasteiger partial charge on any atom is 0.166 e. The second-order valence-corrected chi connectivity index (χ2v) is 6.78. The van der Waals surface area contributed by atoms with Crippen molar-refractivity contribution in [2.45, 2.75) is 13.5 Å². The number of fused-ring (bicyclic) bond motifs is 4. The van der Waals surface area contributed by atoms with Crippen LogP contribution in [0.15, 0.2) is 34.7 Å². The fourth-order valence-corrected chi connectivity index (χ4v) is 3.52. The molecule has 0 spiro atoms. The van der Waals surface area contributed by atoms with Crippen LogP contribution in [0.4, 0.5) is 0 Å². The first-order valence-corrected chi connectivity index (χ1v) is 8.43. The van der Waals surface area contributed by atoms with Crippen molar-refractivity contribution >= 4 is 44.0 Å². The van der Waals surface area contributed by atoms with Gasteiger partial charge in [-0.3, -0.25) is 9.78 Å². The van der Waals surface area contributed by atoms with Crippen molar-refractivity contribution in [2.24, 2.45) is 0 Å². The van der Waals surface area contributed by atoms with Gasteiger partial charge in [-0.25, -0.2) is 9.97 Å². The molecule has 0 unspecified atom stereocenters. The van der Waals surface area contributed by atoms with Crippen LogP contribution in [0.5, 0.6) is 0 Å². The Hall–Kier alpha value is -2.86. The van der Waals surface area contributed by atoms with E-state index in [9.17, 15) is 0 Å². The molecule has 0 saturated heterocycles. The van der Waals surface area contributed by atoms with Gasteiger partial charge in [0.1, 0.15) is 16.9 Å². The normalized spacial score (nSPS) is 12.5. The number of hydrogen-bond acceptors (Lipinski definition) is 4. The summed E-state index contributed by atoms with van der Waals surface area (Å²) in [6.07, 6.45) is 0. The number of nitrogens with zero attached hydrogens (tertiary/aromatic N) is 4. The summed E-state index contributed by atoms with van der Waals surface area (Å²) in [5, 5.41) is 5.75. The highest BCUT2D eigenvalue weighted by Gasteiger charge is 2.19. The second kappa shape index (κ2) is 5.07. The Morgan fingerprint density at radius 3 is 2.88 bits per heavy atom. The number of hydrogen-bond donors (Lipinski definition) is 1. The number of nitrogens with one attached hydrogen (secondary N) is 1. The molecule has 3 heterocycles. The summed E-state index contributed by atoms with van der Waals surface area (Å²) in [6.45, 7) is 3.73. The number of rotatable bonds is 3. The molecule has 5 rings (SSSR count). The first-order chi connectivity index (χ1) is 12.1. The number of H-pyrrole nitrogens is 1. The lowest BCUT2D eigenvalue weighted by Crippen LogP contribution is -2.18. The predicted molar refractivity (Wildman–Crippen MR) is 100.0 cm³/mol. The lowest BCUT2D eigenvalue weighted by atomic mass is 10.1. The van der Waals surface area contributed by atoms with Crippen LogP contribution in [-0.4, -0.2) is 45.3 Å². The number of likely N-dealkylation sites (N-methyl/N-ethyl adjacent to an activating group) is 1. The molecule has 5 aromatic rings. The molecule has 0 bridgehead atoms. The van der Waals surface area contributed by atoms with E-state index in [-0.39, 0.29) is 0 Å². The molecule has 6 nitrogen and oxygen atoms in total. The molecule has 0 atom stereocenters. The molecule has 2 aromatic carbocycles. The van der Waals surface area contributed by atoms with Crippen LogP contribution in [0.1, 0.15) is 5.82 Å². The van der Waals surface area contributed by atoms with Crippen molar-refractivity contribution in [3.05, 3.63) is 36.2 Å². The molecule has 0 saturated carbocycles. The van der Waals surface area contributed by atoms with E-state index >= 15 is 0 Å². The van der Waals surface area contributed by atoms with E-state index in [0.29, 0.717) is 0 Å². The molecule has 1 N–H and O–H groups in total. The molecule has 3 aromatic heterocycles. The van der Waals surface area contributed by atoms with Gasteiger partial charge in [0.2, 0.25) is 0 Å². The second-order valence-electron chi connectivity index (χ2n) is 6.78. The number of para-hydroxylation sites is 1. The molecule has 126 valence electrons. The number of aromatic nitrogens is 4. The van der Waals surface area contributed by atoms with Gasteiger partial charge in [-0.05, 0) is 39.2 Å². The molecule has 6 heteroatoms.